The van der Waals surface area contributed by atoms with Gasteiger partial charge in [-0.1, -0.05) is 71.9 Å². The van der Waals surface area contributed by atoms with Crippen molar-refractivity contribution < 1.29 is 9.59 Å². The van der Waals surface area contributed by atoms with Crippen LogP contribution in [0.25, 0.3) is 17.1 Å². The van der Waals surface area contributed by atoms with Gasteiger partial charge in [0.2, 0.25) is 11.8 Å². The molecular weight excluding hydrogens is 566 g/mol. The summed E-state index contributed by atoms with van der Waals surface area (Å²) >= 11 is 7.70. The lowest BCUT2D eigenvalue weighted by molar-refractivity contribution is -0.143. The summed E-state index contributed by atoms with van der Waals surface area (Å²) in [6, 6.07) is 28.0. The lowest BCUT2D eigenvalue weighted by atomic mass is 10.1. The summed E-state index contributed by atoms with van der Waals surface area (Å²) in [5, 5.41) is 10.4. The molecule has 1 saturated carbocycles. The maximum atomic E-state index is 13.2. The van der Waals surface area contributed by atoms with E-state index in [1.54, 1.807) is 11.8 Å². The Balaban J connectivity index is 1.01. The number of hydrogen-bond acceptors (Lipinski definition) is 5. The van der Waals surface area contributed by atoms with Crippen molar-refractivity contribution in [2.45, 2.75) is 43.3 Å². The minimum Gasteiger partial charge on any atom is -0.339 e. The van der Waals surface area contributed by atoms with Crippen LogP contribution >= 0.6 is 23.4 Å². The van der Waals surface area contributed by atoms with Crippen LogP contribution in [0.2, 0.25) is 5.02 Å². The molecule has 216 valence electrons. The fourth-order valence-electron chi connectivity index (χ4n) is 5.77. The van der Waals surface area contributed by atoms with Gasteiger partial charge in [-0.05, 0) is 67.6 Å². The predicted molar refractivity (Wildman–Crippen MR) is 167 cm³/mol. The van der Waals surface area contributed by atoms with Gasteiger partial charge in [0, 0.05) is 60.0 Å². The maximum Gasteiger partial charge on any atom is 0.226 e. The number of halogens is 1. The van der Waals surface area contributed by atoms with Crippen LogP contribution in [-0.4, -0.2) is 67.8 Å². The molecule has 0 spiro atoms. The molecule has 3 atom stereocenters. The summed E-state index contributed by atoms with van der Waals surface area (Å²) in [4.78, 5) is 30.2. The van der Waals surface area contributed by atoms with Crippen LogP contribution in [0.5, 0.6) is 0 Å². The molecule has 1 saturated heterocycles. The molecule has 1 aliphatic carbocycles. The minimum atomic E-state index is 0.0253. The second-order valence-corrected chi connectivity index (χ2v) is 12.5. The second kappa shape index (κ2) is 12.7. The Morgan fingerprint density at radius 2 is 1.64 bits per heavy atom. The highest BCUT2D eigenvalue weighted by molar-refractivity contribution is 7.99. The summed E-state index contributed by atoms with van der Waals surface area (Å²) in [5.74, 6) is 2.28. The molecule has 0 N–H and O–H groups in total. The highest BCUT2D eigenvalue weighted by atomic mass is 35.5. The highest BCUT2D eigenvalue weighted by Gasteiger charge is 2.47. The number of rotatable bonds is 9. The zero-order chi connectivity index (χ0) is 29.1. The molecule has 0 bridgehead atoms. The average molecular weight is 600 g/mol. The Bertz CT molecular complexity index is 1530. The molecule has 2 amide bonds. The third kappa shape index (κ3) is 6.25. The van der Waals surface area contributed by atoms with E-state index in [0.29, 0.717) is 37.0 Å². The zero-order valence-corrected chi connectivity index (χ0v) is 25.2. The van der Waals surface area contributed by atoms with Gasteiger partial charge in [0.1, 0.15) is 0 Å². The van der Waals surface area contributed by atoms with Crippen LogP contribution in [-0.2, 0) is 9.59 Å². The normalized spacial score (nSPS) is 20.0. The quantitative estimate of drug-likeness (QED) is 0.166. The summed E-state index contributed by atoms with van der Waals surface area (Å²) < 4.78 is 2.05. The number of aromatic nitrogens is 3. The lowest BCUT2D eigenvalue weighted by Crippen LogP contribution is -2.55. The van der Waals surface area contributed by atoms with E-state index in [-0.39, 0.29) is 23.8 Å². The Labute approximate surface area is 255 Å². The molecule has 2 fully saturated rings. The van der Waals surface area contributed by atoms with Crippen LogP contribution in [0.1, 0.15) is 37.7 Å². The molecule has 1 aliphatic heterocycles. The van der Waals surface area contributed by atoms with E-state index in [1.807, 2.05) is 82.6 Å². The summed E-state index contributed by atoms with van der Waals surface area (Å²) in [5.41, 5.74) is 3.16. The molecule has 9 heteroatoms. The number of hydrogen-bond donors (Lipinski definition) is 0. The number of para-hydroxylation sites is 1. The molecule has 2 unspecified atom stereocenters. The number of nitrogens with zero attached hydrogens (tertiary/aromatic N) is 5. The number of carbonyl (C=O) groups is 2. The second-order valence-electron chi connectivity index (χ2n) is 11.0. The first-order valence-electron chi connectivity index (χ1n) is 14.5. The van der Waals surface area contributed by atoms with E-state index in [1.165, 1.54) is 5.56 Å². The summed E-state index contributed by atoms with van der Waals surface area (Å²) in [7, 11) is 0. The van der Waals surface area contributed by atoms with E-state index in [4.69, 9.17) is 11.6 Å². The number of carbonyl (C=O) groups excluding carboxylic acids is 2. The van der Waals surface area contributed by atoms with Gasteiger partial charge in [-0.2, -0.15) is 0 Å². The SMILES string of the molecule is CC1CN(C(=O)CCCSc2nnc(-c3ccc(Cl)cc3)n2-c2ccccc2)CCN1C(=O)C1C[C@H]1c1ccccc1. The van der Waals surface area contributed by atoms with Gasteiger partial charge in [-0.25, -0.2) is 0 Å². The molecule has 3 aromatic carbocycles. The van der Waals surface area contributed by atoms with Gasteiger partial charge in [-0.3, -0.25) is 14.2 Å². The predicted octanol–water partition coefficient (Wildman–Crippen LogP) is 6.32. The fraction of sp³-hybridized carbons (Fsp3) is 0.333. The van der Waals surface area contributed by atoms with Crippen molar-refractivity contribution in [3.05, 3.63) is 95.5 Å². The summed E-state index contributed by atoms with van der Waals surface area (Å²) in [6.45, 7) is 3.85. The molecular formula is C33H34ClN5O2S. The summed E-state index contributed by atoms with van der Waals surface area (Å²) in [6.07, 6.45) is 2.12. The average Bonchev–Trinajstić information content (AvgIpc) is 3.72. The first-order valence-corrected chi connectivity index (χ1v) is 15.9. The Hall–Kier alpha value is -3.62. The maximum absolute atomic E-state index is 13.2. The fourth-order valence-corrected chi connectivity index (χ4v) is 6.78. The van der Waals surface area contributed by atoms with Crippen molar-refractivity contribution in [3.63, 3.8) is 0 Å². The van der Waals surface area contributed by atoms with Gasteiger partial charge in [-0.15, -0.1) is 10.2 Å². The van der Waals surface area contributed by atoms with Crippen LogP contribution < -0.4 is 0 Å². The molecule has 2 aliphatic rings. The van der Waals surface area contributed by atoms with Gasteiger partial charge in [0.25, 0.3) is 0 Å². The van der Waals surface area contributed by atoms with Crippen molar-refractivity contribution in [3.8, 4) is 17.1 Å². The molecule has 4 aromatic rings. The molecule has 6 rings (SSSR count). The molecule has 7 nitrogen and oxygen atoms in total. The van der Waals surface area contributed by atoms with Crippen molar-refractivity contribution in [2.75, 3.05) is 25.4 Å². The molecule has 0 radical (unpaired) electrons. The van der Waals surface area contributed by atoms with Crippen molar-refractivity contribution in [1.82, 2.24) is 24.6 Å². The van der Waals surface area contributed by atoms with Crippen LogP contribution in [0.4, 0.5) is 0 Å². The minimum absolute atomic E-state index is 0.0253. The number of thioether (sulfide) groups is 1. The van der Waals surface area contributed by atoms with Crippen molar-refractivity contribution >= 4 is 35.2 Å². The molecule has 42 heavy (non-hydrogen) atoms. The molecule has 2 heterocycles. The Kier molecular flexibility index (Phi) is 8.63. The Morgan fingerprint density at radius 3 is 2.36 bits per heavy atom. The van der Waals surface area contributed by atoms with Gasteiger partial charge in [0.05, 0.1) is 0 Å². The van der Waals surface area contributed by atoms with E-state index in [2.05, 4.69) is 33.8 Å². The standard InChI is InChI=1S/C33H34ClN5O2S/c1-23-22-37(18-19-38(23)32(41)29-21-28(29)24-9-4-2-5-10-24)30(40)13-8-20-42-33-36-35-31(25-14-16-26(34)17-15-25)39(33)27-11-6-3-7-12-27/h2-7,9-12,14-17,23,28-29H,8,13,18-22H2,1H3/t23?,28-,29?/m0/s1. The van der Waals surface area contributed by atoms with E-state index < -0.39 is 0 Å². The van der Waals surface area contributed by atoms with Crippen LogP contribution in [0.3, 0.4) is 0 Å². The first-order chi connectivity index (χ1) is 20.5. The Morgan fingerprint density at radius 1 is 0.929 bits per heavy atom. The third-order valence-corrected chi connectivity index (χ3v) is 9.38. The van der Waals surface area contributed by atoms with E-state index in [0.717, 1.165) is 40.8 Å². The molecule has 1 aromatic heterocycles. The van der Waals surface area contributed by atoms with E-state index in [9.17, 15) is 9.59 Å². The van der Waals surface area contributed by atoms with Crippen molar-refractivity contribution in [2.24, 2.45) is 5.92 Å². The number of piperazine rings is 1. The van der Waals surface area contributed by atoms with Crippen LogP contribution in [0, 0.1) is 5.92 Å². The van der Waals surface area contributed by atoms with Crippen molar-refractivity contribution in [1.29, 1.82) is 0 Å². The smallest absolute Gasteiger partial charge is 0.226 e. The third-order valence-electron chi connectivity index (χ3n) is 8.11. The van der Waals surface area contributed by atoms with Gasteiger partial charge < -0.3 is 9.80 Å². The number of benzene rings is 3. The monoisotopic (exact) mass is 599 g/mol. The number of amides is 2. The lowest BCUT2D eigenvalue weighted by Gasteiger charge is -2.40. The van der Waals surface area contributed by atoms with Crippen LogP contribution in [0.15, 0.2) is 90.1 Å². The highest BCUT2D eigenvalue weighted by Crippen LogP contribution is 2.48. The first kappa shape index (κ1) is 28.5. The van der Waals surface area contributed by atoms with Gasteiger partial charge in [0.15, 0.2) is 11.0 Å². The largest absolute Gasteiger partial charge is 0.339 e. The van der Waals surface area contributed by atoms with Gasteiger partial charge >= 0.3 is 0 Å². The van der Waals surface area contributed by atoms with E-state index >= 15 is 0 Å². The topological polar surface area (TPSA) is 71.3 Å². The zero-order valence-electron chi connectivity index (χ0n) is 23.6.